The van der Waals surface area contributed by atoms with Crippen molar-refractivity contribution in [2.45, 2.75) is 19.3 Å². The van der Waals surface area contributed by atoms with Gasteiger partial charge >= 0.3 is 0 Å². The van der Waals surface area contributed by atoms with Crippen molar-refractivity contribution < 1.29 is 4.79 Å². The van der Waals surface area contributed by atoms with Crippen LogP contribution in [0.1, 0.15) is 28.9 Å². The van der Waals surface area contributed by atoms with Crippen LogP contribution in [0, 0.1) is 0 Å². The fourth-order valence-corrected chi connectivity index (χ4v) is 2.54. The average molecular weight is 258 g/mol. The molecule has 0 fully saturated rings. The van der Waals surface area contributed by atoms with Gasteiger partial charge in [-0.3, -0.25) is 9.78 Å². The Morgan fingerprint density at radius 3 is 2.61 bits per heavy atom. The number of aryl methyl sites for hydroxylation is 1. The molecule has 0 amide bonds. The van der Waals surface area contributed by atoms with E-state index in [-0.39, 0.29) is 5.78 Å². The largest absolute Gasteiger partial charge is 0.294 e. The number of halogens is 1. The Kier molecular flexibility index (Phi) is 2.88. The monoisotopic (exact) mass is 257 g/mol. The van der Waals surface area contributed by atoms with E-state index in [1.807, 2.05) is 30.3 Å². The number of Topliss-reactive ketones (excluding diaryl/α,β-unsaturated/α-hetero) is 1. The maximum atomic E-state index is 12.1. The van der Waals surface area contributed by atoms with Crippen LogP contribution in [0.4, 0.5) is 0 Å². The molecule has 1 heterocycles. The minimum Gasteiger partial charge on any atom is -0.294 e. The standard InChI is InChI=1S/C15H12ClNO/c16-11-6-4-10(5-7-11)12-8-9-17-13-2-1-3-14(18)15(12)13/h4-9H,1-3H2. The van der Waals surface area contributed by atoms with Crippen LogP contribution in [-0.2, 0) is 6.42 Å². The number of carbonyl (C=O) groups is 1. The number of carbonyl (C=O) groups excluding carboxylic acids is 1. The van der Waals surface area contributed by atoms with Gasteiger partial charge in [-0.15, -0.1) is 0 Å². The fourth-order valence-electron chi connectivity index (χ4n) is 2.42. The van der Waals surface area contributed by atoms with Crippen molar-refractivity contribution in [1.82, 2.24) is 4.98 Å². The molecule has 90 valence electrons. The van der Waals surface area contributed by atoms with Gasteiger partial charge in [0.1, 0.15) is 0 Å². The number of rotatable bonds is 1. The van der Waals surface area contributed by atoms with Crippen molar-refractivity contribution in [2.24, 2.45) is 0 Å². The fraction of sp³-hybridized carbons (Fsp3) is 0.200. The first kappa shape index (κ1) is 11.4. The van der Waals surface area contributed by atoms with E-state index in [4.69, 9.17) is 11.6 Å². The second-order valence-corrected chi connectivity index (χ2v) is 4.90. The lowest BCUT2D eigenvalue weighted by molar-refractivity contribution is 0.0972. The summed E-state index contributed by atoms with van der Waals surface area (Å²) in [5.74, 6) is 0.203. The Bertz CT molecular complexity index is 604. The molecule has 0 unspecified atom stereocenters. The van der Waals surface area contributed by atoms with E-state index in [0.717, 1.165) is 35.2 Å². The normalized spacial score (nSPS) is 14.4. The van der Waals surface area contributed by atoms with Crippen LogP contribution in [0.5, 0.6) is 0 Å². The highest BCUT2D eigenvalue weighted by Gasteiger charge is 2.22. The molecule has 0 aliphatic heterocycles. The van der Waals surface area contributed by atoms with Crippen LogP contribution >= 0.6 is 11.6 Å². The quantitative estimate of drug-likeness (QED) is 0.775. The van der Waals surface area contributed by atoms with E-state index in [1.54, 1.807) is 6.20 Å². The minimum atomic E-state index is 0.203. The first-order valence-corrected chi connectivity index (χ1v) is 6.40. The van der Waals surface area contributed by atoms with Crippen LogP contribution in [0.2, 0.25) is 5.02 Å². The van der Waals surface area contributed by atoms with Crippen molar-refractivity contribution in [2.75, 3.05) is 0 Å². The molecule has 2 aromatic rings. The first-order chi connectivity index (χ1) is 8.75. The second-order valence-electron chi connectivity index (χ2n) is 4.46. The first-order valence-electron chi connectivity index (χ1n) is 6.03. The average Bonchev–Trinajstić information content (AvgIpc) is 2.39. The van der Waals surface area contributed by atoms with Gasteiger partial charge in [-0.05, 0) is 42.2 Å². The SMILES string of the molecule is O=C1CCCc2nccc(-c3ccc(Cl)cc3)c21. The van der Waals surface area contributed by atoms with Gasteiger partial charge in [-0.1, -0.05) is 23.7 Å². The molecule has 0 saturated carbocycles. The maximum Gasteiger partial charge on any atom is 0.165 e. The molecule has 0 spiro atoms. The summed E-state index contributed by atoms with van der Waals surface area (Å²) in [6, 6.07) is 9.49. The third kappa shape index (κ3) is 1.93. The number of ketones is 1. The third-order valence-electron chi connectivity index (χ3n) is 3.28. The molecule has 3 rings (SSSR count). The van der Waals surface area contributed by atoms with E-state index in [2.05, 4.69) is 4.98 Å². The van der Waals surface area contributed by atoms with Gasteiger partial charge < -0.3 is 0 Å². The van der Waals surface area contributed by atoms with Crippen molar-refractivity contribution in [3.05, 3.63) is 52.8 Å². The Morgan fingerprint density at radius 1 is 1.06 bits per heavy atom. The Labute approximate surface area is 111 Å². The number of benzene rings is 1. The lowest BCUT2D eigenvalue weighted by Crippen LogP contribution is -2.13. The third-order valence-corrected chi connectivity index (χ3v) is 3.53. The zero-order valence-electron chi connectivity index (χ0n) is 9.82. The van der Waals surface area contributed by atoms with Crippen molar-refractivity contribution >= 4 is 17.4 Å². The molecule has 1 aliphatic rings. The van der Waals surface area contributed by atoms with Gasteiger partial charge in [0.25, 0.3) is 0 Å². The number of fused-ring (bicyclic) bond motifs is 1. The molecule has 3 heteroatoms. The van der Waals surface area contributed by atoms with Crippen molar-refractivity contribution in [3.8, 4) is 11.1 Å². The van der Waals surface area contributed by atoms with Gasteiger partial charge in [0.05, 0.1) is 5.69 Å². The van der Waals surface area contributed by atoms with Gasteiger partial charge in [-0.2, -0.15) is 0 Å². The van der Waals surface area contributed by atoms with E-state index in [1.165, 1.54) is 0 Å². The number of nitrogens with zero attached hydrogens (tertiary/aromatic N) is 1. The highest BCUT2D eigenvalue weighted by molar-refractivity contribution is 6.30. The van der Waals surface area contributed by atoms with E-state index in [9.17, 15) is 4.79 Å². The molecular formula is C15H12ClNO. The molecule has 1 aromatic carbocycles. The summed E-state index contributed by atoms with van der Waals surface area (Å²) in [5, 5.41) is 0.702. The molecule has 0 atom stereocenters. The highest BCUT2D eigenvalue weighted by Crippen LogP contribution is 2.30. The molecule has 0 saturated heterocycles. The summed E-state index contributed by atoms with van der Waals surface area (Å²) in [7, 11) is 0. The van der Waals surface area contributed by atoms with Crippen LogP contribution in [0.15, 0.2) is 36.5 Å². The Hall–Kier alpha value is -1.67. The van der Waals surface area contributed by atoms with E-state index in [0.29, 0.717) is 11.4 Å². The zero-order chi connectivity index (χ0) is 12.5. The lowest BCUT2D eigenvalue weighted by Gasteiger charge is -2.17. The van der Waals surface area contributed by atoms with E-state index >= 15 is 0 Å². The zero-order valence-corrected chi connectivity index (χ0v) is 10.6. The molecule has 1 aliphatic carbocycles. The van der Waals surface area contributed by atoms with Crippen molar-refractivity contribution in [3.63, 3.8) is 0 Å². The molecule has 1 aromatic heterocycles. The lowest BCUT2D eigenvalue weighted by atomic mass is 9.88. The molecule has 0 bridgehead atoms. The predicted molar refractivity (Wildman–Crippen MR) is 72.0 cm³/mol. The van der Waals surface area contributed by atoms with Crippen LogP contribution in [0.25, 0.3) is 11.1 Å². The molecule has 0 N–H and O–H groups in total. The van der Waals surface area contributed by atoms with Crippen molar-refractivity contribution in [1.29, 1.82) is 0 Å². The summed E-state index contributed by atoms with van der Waals surface area (Å²) in [6.07, 6.45) is 4.20. The van der Waals surface area contributed by atoms with Crippen LogP contribution < -0.4 is 0 Å². The Morgan fingerprint density at radius 2 is 1.83 bits per heavy atom. The summed E-state index contributed by atoms with van der Waals surface area (Å²) in [4.78, 5) is 16.4. The van der Waals surface area contributed by atoms with Gasteiger partial charge in [-0.25, -0.2) is 0 Å². The summed E-state index contributed by atoms with van der Waals surface area (Å²) in [6.45, 7) is 0. The van der Waals surface area contributed by atoms with Crippen LogP contribution in [-0.4, -0.2) is 10.8 Å². The van der Waals surface area contributed by atoms with Gasteiger partial charge in [0.2, 0.25) is 0 Å². The number of hydrogen-bond donors (Lipinski definition) is 0. The number of aromatic nitrogens is 1. The second kappa shape index (κ2) is 4.54. The number of pyridine rings is 1. The minimum absolute atomic E-state index is 0.203. The molecule has 18 heavy (non-hydrogen) atoms. The smallest absolute Gasteiger partial charge is 0.165 e. The predicted octanol–water partition coefficient (Wildman–Crippen LogP) is 3.92. The van der Waals surface area contributed by atoms with Gasteiger partial charge in [0.15, 0.2) is 5.78 Å². The summed E-state index contributed by atoms with van der Waals surface area (Å²) >= 11 is 5.89. The molecule has 0 radical (unpaired) electrons. The molecular weight excluding hydrogens is 246 g/mol. The van der Waals surface area contributed by atoms with Gasteiger partial charge in [0, 0.05) is 23.2 Å². The topological polar surface area (TPSA) is 30.0 Å². The summed E-state index contributed by atoms with van der Waals surface area (Å²) in [5.41, 5.74) is 3.72. The number of hydrogen-bond acceptors (Lipinski definition) is 2. The highest BCUT2D eigenvalue weighted by atomic mass is 35.5. The summed E-state index contributed by atoms with van der Waals surface area (Å²) < 4.78 is 0. The molecule has 2 nitrogen and oxygen atoms in total. The van der Waals surface area contributed by atoms with E-state index < -0.39 is 0 Å². The Balaban J connectivity index is 2.18. The van der Waals surface area contributed by atoms with Crippen LogP contribution in [0.3, 0.4) is 0 Å². The maximum absolute atomic E-state index is 12.1.